The summed E-state index contributed by atoms with van der Waals surface area (Å²) in [5.41, 5.74) is 0.574. The van der Waals surface area contributed by atoms with E-state index in [2.05, 4.69) is 9.88 Å². The molecule has 1 aromatic heterocycles. The number of hydrogen-bond acceptors (Lipinski definition) is 4. The van der Waals surface area contributed by atoms with Gasteiger partial charge >= 0.3 is 5.97 Å². The van der Waals surface area contributed by atoms with Crippen LogP contribution in [0.2, 0.25) is 0 Å². The van der Waals surface area contributed by atoms with E-state index in [9.17, 15) is 9.90 Å². The Labute approximate surface area is 128 Å². The van der Waals surface area contributed by atoms with Crippen molar-refractivity contribution in [3.63, 3.8) is 0 Å². The second-order valence-corrected chi connectivity index (χ2v) is 5.80. The second kappa shape index (κ2) is 5.81. The average Bonchev–Trinajstić information content (AvgIpc) is 3.00. The highest BCUT2D eigenvalue weighted by molar-refractivity contribution is 5.88. The predicted octanol–water partition coefficient (Wildman–Crippen LogP) is 1.61. The Morgan fingerprint density at radius 1 is 1.23 bits per heavy atom. The summed E-state index contributed by atoms with van der Waals surface area (Å²) in [5.74, 6) is -0.917. The summed E-state index contributed by atoms with van der Waals surface area (Å²) in [6.45, 7) is 2.05. The first-order valence-electron chi connectivity index (χ1n) is 7.32. The van der Waals surface area contributed by atoms with Crippen molar-refractivity contribution in [3.8, 4) is 0 Å². The van der Waals surface area contributed by atoms with Crippen molar-refractivity contribution in [2.75, 3.05) is 18.0 Å². The van der Waals surface area contributed by atoms with Crippen LogP contribution >= 0.6 is 0 Å². The van der Waals surface area contributed by atoms with E-state index in [4.69, 9.17) is 5.11 Å². The summed E-state index contributed by atoms with van der Waals surface area (Å²) in [6.07, 6.45) is 6.63. The molecule has 0 saturated carbocycles. The van der Waals surface area contributed by atoms with E-state index in [0.717, 1.165) is 18.8 Å². The van der Waals surface area contributed by atoms with Gasteiger partial charge in [-0.25, -0.2) is 9.78 Å². The number of aliphatic hydroxyl groups is 1. The van der Waals surface area contributed by atoms with Crippen LogP contribution in [0.4, 0.5) is 5.69 Å². The maximum absolute atomic E-state index is 10.9. The van der Waals surface area contributed by atoms with Gasteiger partial charge in [0.25, 0.3) is 0 Å². The van der Waals surface area contributed by atoms with Crippen LogP contribution in [-0.2, 0) is 6.54 Å². The van der Waals surface area contributed by atoms with Gasteiger partial charge in [-0.2, -0.15) is 0 Å². The van der Waals surface area contributed by atoms with Gasteiger partial charge in [-0.15, -0.1) is 0 Å². The van der Waals surface area contributed by atoms with Gasteiger partial charge in [0.2, 0.25) is 0 Å². The molecule has 22 heavy (non-hydrogen) atoms. The lowest BCUT2D eigenvalue weighted by Crippen LogP contribution is -2.46. The van der Waals surface area contributed by atoms with E-state index < -0.39 is 11.6 Å². The molecule has 0 atom stereocenters. The van der Waals surface area contributed by atoms with Crippen LogP contribution in [0.3, 0.4) is 0 Å². The summed E-state index contributed by atoms with van der Waals surface area (Å²) < 4.78 is 1.90. The zero-order valence-corrected chi connectivity index (χ0v) is 12.2. The molecule has 0 spiro atoms. The van der Waals surface area contributed by atoms with Crippen LogP contribution in [0.5, 0.6) is 0 Å². The van der Waals surface area contributed by atoms with Crippen LogP contribution < -0.4 is 4.90 Å². The summed E-state index contributed by atoms with van der Waals surface area (Å²) in [4.78, 5) is 17.0. The van der Waals surface area contributed by atoms with E-state index in [1.807, 2.05) is 22.9 Å². The molecular formula is C16H19N3O3. The number of hydrogen-bond donors (Lipinski definition) is 2. The molecule has 1 fully saturated rings. The molecule has 0 aliphatic carbocycles. The van der Waals surface area contributed by atoms with E-state index >= 15 is 0 Å². The van der Waals surface area contributed by atoms with Crippen LogP contribution in [0.1, 0.15) is 23.2 Å². The molecule has 1 aromatic carbocycles. The fourth-order valence-electron chi connectivity index (χ4n) is 2.87. The van der Waals surface area contributed by atoms with Crippen LogP contribution in [0, 0.1) is 0 Å². The summed E-state index contributed by atoms with van der Waals surface area (Å²) in [5, 5.41) is 19.6. The molecule has 1 saturated heterocycles. The van der Waals surface area contributed by atoms with Gasteiger partial charge in [-0.1, -0.05) is 0 Å². The third-order valence-corrected chi connectivity index (χ3v) is 4.21. The number of aromatic nitrogens is 2. The molecule has 2 heterocycles. The number of carboxylic acids is 1. The van der Waals surface area contributed by atoms with E-state index in [1.54, 1.807) is 24.7 Å². The second-order valence-electron chi connectivity index (χ2n) is 5.80. The topological polar surface area (TPSA) is 78.6 Å². The molecule has 116 valence electrons. The van der Waals surface area contributed by atoms with Gasteiger partial charge in [0.1, 0.15) is 0 Å². The van der Waals surface area contributed by atoms with Gasteiger partial charge in [0.05, 0.1) is 24.0 Å². The molecule has 0 amide bonds. The molecule has 6 nitrogen and oxygen atoms in total. The minimum atomic E-state index is -0.917. The first kappa shape index (κ1) is 14.6. The smallest absolute Gasteiger partial charge is 0.335 e. The Morgan fingerprint density at radius 2 is 1.91 bits per heavy atom. The molecule has 0 unspecified atom stereocenters. The zero-order valence-electron chi connectivity index (χ0n) is 12.2. The number of benzene rings is 1. The number of nitrogens with zero attached hydrogens (tertiary/aromatic N) is 3. The Morgan fingerprint density at radius 3 is 2.45 bits per heavy atom. The molecule has 0 bridgehead atoms. The first-order valence-corrected chi connectivity index (χ1v) is 7.32. The highest BCUT2D eigenvalue weighted by atomic mass is 16.4. The monoisotopic (exact) mass is 301 g/mol. The molecule has 0 radical (unpaired) electrons. The van der Waals surface area contributed by atoms with Crippen molar-refractivity contribution in [1.82, 2.24) is 9.55 Å². The third-order valence-electron chi connectivity index (χ3n) is 4.21. The molecular weight excluding hydrogens is 282 g/mol. The van der Waals surface area contributed by atoms with Gasteiger partial charge in [-0.3, -0.25) is 0 Å². The van der Waals surface area contributed by atoms with Gasteiger partial charge in [0.15, 0.2) is 0 Å². The first-order chi connectivity index (χ1) is 10.6. The van der Waals surface area contributed by atoms with Gasteiger partial charge in [-0.05, 0) is 37.1 Å². The molecule has 2 N–H and O–H groups in total. The standard InChI is InChI=1S/C16H19N3O3/c20-15(21)13-1-3-14(4-2-13)19-8-5-16(22,6-9-19)11-18-10-7-17-12-18/h1-4,7,10,12,22H,5-6,8-9,11H2,(H,20,21). The van der Waals surface area contributed by atoms with E-state index in [-0.39, 0.29) is 5.56 Å². The van der Waals surface area contributed by atoms with Crippen molar-refractivity contribution in [1.29, 1.82) is 0 Å². The van der Waals surface area contributed by atoms with Gasteiger partial charge in [0, 0.05) is 31.2 Å². The van der Waals surface area contributed by atoms with E-state index in [1.165, 1.54) is 0 Å². The Balaban J connectivity index is 1.62. The fourth-order valence-corrected chi connectivity index (χ4v) is 2.87. The van der Waals surface area contributed by atoms with Gasteiger partial charge < -0.3 is 19.7 Å². The fraction of sp³-hybridized carbons (Fsp3) is 0.375. The number of piperidine rings is 1. The third kappa shape index (κ3) is 3.12. The molecule has 3 rings (SSSR count). The molecule has 6 heteroatoms. The quantitative estimate of drug-likeness (QED) is 0.897. The lowest BCUT2D eigenvalue weighted by molar-refractivity contribution is -0.0000756. The van der Waals surface area contributed by atoms with Crippen LogP contribution in [0.25, 0.3) is 0 Å². The van der Waals surface area contributed by atoms with Crippen molar-refractivity contribution in [2.24, 2.45) is 0 Å². The minimum absolute atomic E-state index is 0.289. The Hall–Kier alpha value is -2.34. The maximum Gasteiger partial charge on any atom is 0.335 e. The Bertz CT molecular complexity index is 629. The van der Waals surface area contributed by atoms with Crippen molar-refractivity contribution in [3.05, 3.63) is 48.5 Å². The van der Waals surface area contributed by atoms with E-state index in [0.29, 0.717) is 19.4 Å². The van der Waals surface area contributed by atoms with Crippen LogP contribution in [0.15, 0.2) is 43.0 Å². The summed E-state index contributed by atoms with van der Waals surface area (Å²) in [6, 6.07) is 6.88. The SMILES string of the molecule is O=C(O)c1ccc(N2CCC(O)(Cn3ccnc3)CC2)cc1. The predicted molar refractivity (Wildman–Crippen MR) is 82.0 cm³/mol. The number of anilines is 1. The Kier molecular flexibility index (Phi) is 3.85. The zero-order chi connectivity index (χ0) is 15.6. The highest BCUT2D eigenvalue weighted by Crippen LogP contribution is 2.27. The lowest BCUT2D eigenvalue weighted by atomic mass is 9.91. The normalized spacial score (nSPS) is 17.4. The summed E-state index contributed by atoms with van der Waals surface area (Å²) >= 11 is 0. The lowest BCUT2D eigenvalue weighted by Gasteiger charge is -2.39. The van der Waals surface area contributed by atoms with Crippen molar-refractivity contribution >= 4 is 11.7 Å². The number of rotatable bonds is 4. The molecule has 1 aliphatic rings. The summed E-state index contributed by atoms with van der Waals surface area (Å²) in [7, 11) is 0. The number of aromatic carboxylic acids is 1. The molecule has 2 aromatic rings. The average molecular weight is 301 g/mol. The van der Waals surface area contributed by atoms with Crippen molar-refractivity contribution in [2.45, 2.75) is 25.0 Å². The number of imidazole rings is 1. The molecule has 1 aliphatic heterocycles. The largest absolute Gasteiger partial charge is 0.478 e. The highest BCUT2D eigenvalue weighted by Gasteiger charge is 2.32. The maximum atomic E-state index is 10.9. The number of carbonyl (C=O) groups is 1. The van der Waals surface area contributed by atoms with Crippen LogP contribution in [-0.4, -0.2) is 44.4 Å². The van der Waals surface area contributed by atoms with Crippen molar-refractivity contribution < 1.29 is 15.0 Å². The minimum Gasteiger partial charge on any atom is -0.478 e. The number of carboxylic acid groups (broad SMARTS) is 1.